The molecule has 9 nitrogen and oxygen atoms in total. The van der Waals surface area contributed by atoms with Crippen LogP contribution >= 0.6 is 23.4 Å². The Kier molecular flexibility index (Phi) is 10.8. The number of hydrogen-bond acceptors (Lipinski definition) is 8. The van der Waals surface area contributed by atoms with E-state index >= 15 is 0 Å². The van der Waals surface area contributed by atoms with Crippen molar-refractivity contribution in [1.82, 2.24) is 0 Å². The second kappa shape index (κ2) is 14.7. The molecule has 0 amide bonds. The number of thioether (sulfide) groups is 1. The van der Waals surface area contributed by atoms with Gasteiger partial charge in [0.05, 0.1) is 13.7 Å². The lowest BCUT2D eigenvalue weighted by molar-refractivity contribution is -0.204. The van der Waals surface area contributed by atoms with Crippen molar-refractivity contribution in [2.45, 2.75) is 41.3 Å². The molecule has 5 atom stereocenters. The van der Waals surface area contributed by atoms with Crippen molar-refractivity contribution in [1.29, 1.82) is 0 Å². The predicted molar refractivity (Wildman–Crippen MR) is 148 cm³/mol. The van der Waals surface area contributed by atoms with Gasteiger partial charge >= 0.3 is 5.97 Å². The Balaban J connectivity index is 1.64. The fourth-order valence-corrected chi connectivity index (χ4v) is 5.26. The Labute approximate surface area is 235 Å². The molecule has 0 aliphatic carbocycles. The summed E-state index contributed by atoms with van der Waals surface area (Å²) in [6, 6.07) is 25.4. The van der Waals surface area contributed by atoms with E-state index in [1.165, 1.54) is 11.8 Å². The molecule has 1 aliphatic heterocycles. The fraction of sp³-hybridized carbons (Fsp3) is 0.321. The van der Waals surface area contributed by atoms with Crippen LogP contribution in [0.2, 0.25) is 0 Å². The molecular weight excluding hydrogens is 542 g/mol. The van der Waals surface area contributed by atoms with Crippen molar-refractivity contribution in [2.75, 3.05) is 19.6 Å². The molecule has 1 saturated heterocycles. The number of alkyl halides is 1. The van der Waals surface area contributed by atoms with Gasteiger partial charge in [0.25, 0.3) is 0 Å². The quantitative estimate of drug-likeness (QED) is 0.0863. The number of methoxy groups -OCH3 is 1. The smallest absolute Gasteiger partial charge is 0.321 e. The van der Waals surface area contributed by atoms with E-state index < -0.39 is 35.8 Å². The fourth-order valence-electron chi connectivity index (χ4n) is 4.07. The van der Waals surface area contributed by atoms with Crippen LogP contribution in [-0.2, 0) is 25.6 Å². The van der Waals surface area contributed by atoms with E-state index in [1.54, 1.807) is 31.4 Å². The second-order valence-corrected chi connectivity index (χ2v) is 9.94. The minimum Gasteiger partial charge on any atom is -0.497 e. The van der Waals surface area contributed by atoms with Gasteiger partial charge in [0.15, 0.2) is 6.10 Å². The average Bonchev–Trinajstić information content (AvgIpc) is 2.98. The first-order chi connectivity index (χ1) is 19.1. The molecule has 4 rings (SSSR count). The highest BCUT2D eigenvalue weighted by molar-refractivity contribution is 7.99. The van der Waals surface area contributed by atoms with Crippen molar-refractivity contribution in [3.05, 3.63) is 101 Å². The van der Waals surface area contributed by atoms with Gasteiger partial charge in [0, 0.05) is 9.81 Å². The number of hydrogen-bond donors (Lipinski definition) is 0. The molecule has 1 aliphatic rings. The Morgan fingerprint density at radius 3 is 2.31 bits per heavy atom. The molecule has 1 heterocycles. The number of nitrogens with zero attached hydrogens (tertiary/aromatic N) is 3. The van der Waals surface area contributed by atoms with Crippen LogP contribution in [-0.4, -0.2) is 55.4 Å². The van der Waals surface area contributed by atoms with Crippen LogP contribution in [0.3, 0.4) is 0 Å². The minimum absolute atomic E-state index is 0.0343. The van der Waals surface area contributed by atoms with Crippen LogP contribution in [0.5, 0.6) is 11.5 Å². The topological polar surface area (TPSA) is 112 Å². The van der Waals surface area contributed by atoms with E-state index in [-0.39, 0.29) is 19.1 Å². The summed E-state index contributed by atoms with van der Waals surface area (Å²) < 4.78 is 29.7. The third-order valence-electron chi connectivity index (χ3n) is 5.93. The van der Waals surface area contributed by atoms with Crippen molar-refractivity contribution >= 4 is 29.3 Å². The summed E-state index contributed by atoms with van der Waals surface area (Å²) in [4.78, 5) is 16.4. The highest BCUT2D eigenvalue weighted by Crippen LogP contribution is 2.38. The summed E-state index contributed by atoms with van der Waals surface area (Å²) >= 11 is 7.18. The molecule has 3 aromatic carbocycles. The number of carbonyl (C=O) groups excluding carboxylic acids is 1. The van der Waals surface area contributed by atoms with E-state index in [0.717, 1.165) is 10.5 Å². The SMILES string of the molecule is COc1ccc(OC[C@H]2O[C@@H](Sc3ccccc3)[C@H](N=[N+]=[N-])[C@@H](OCc3ccccc3)[C@@H]2OC(=O)CCl)cc1. The molecule has 0 radical (unpaired) electrons. The first-order valence-corrected chi connectivity index (χ1v) is 13.6. The van der Waals surface area contributed by atoms with Gasteiger partial charge in [-0.15, -0.1) is 11.6 Å². The Morgan fingerprint density at radius 1 is 1.00 bits per heavy atom. The van der Waals surface area contributed by atoms with Crippen molar-refractivity contribution in [3.8, 4) is 11.5 Å². The normalized spacial score (nSPS) is 22.4. The Bertz CT molecular complexity index is 1230. The van der Waals surface area contributed by atoms with E-state index in [9.17, 15) is 10.3 Å². The number of halogens is 1. The summed E-state index contributed by atoms with van der Waals surface area (Å²) in [6.07, 6.45) is -2.56. The summed E-state index contributed by atoms with van der Waals surface area (Å²) in [7, 11) is 1.59. The number of esters is 1. The van der Waals surface area contributed by atoms with Gasteiger partial charge in [-0.05, 0) is 47.5 Å². The molecule has 204 valence electrons. The number of benzene rings is 3. The largest absolute Gasteiger partial charge is 0.497 e. The van der Waals surface area contributed by atoms with Crippen molar-refractivity contribution in [3.63, 3.8) is 0 Å². The van der Waals surface area contributed by atoms with Crippen LogP contribution in [0, 0.1) is 0 Å². The molecule has 0 spiro atoms. The zero-order chi connectivity index (χ0) is 27.5. The maximum Gasteiger partial charge on any atom is 0.321 e. The summed E-state index contributed by atoms with van der Waals surface area (Å²) in [5.41, 5.74) is 9.71. The molecular formula is C28H28ClN3O6S. The molecule has 0 aromatic heterocycles. The third-order valence-corrected chi connectivity index (χ3v) is 7.32. The van der Waals surface area contributed by atoms with Gasteiger partial charge < -0.3 is 23.7 Å². The summed E-state index contributed by atoms with van der Waals surface area (Å²) in [6.45, 7) is 0.235. The van der Waals surface area contributed by atoms with Gasteiger partial charge in [-0.2, -0.15) is 0 Å². The average molecular weight is 570 g/mol. The van der Waals surface area contributed by atoms with E-state index in [1.807, 2.05) is 60.7 Å². The van der Waals surface area contributed by atoms with Gasteiger partial charge in [0.1, 0.15) is 47.7 Å². The minimum atomic E-state index is -0.957. The van der Waals surface area contributed by atoms with E-state index in [2.05, 4.69) is 10.0 Å². The Hall–Kier alpha value is -3.40. The van der Waals surface area contributed by atoms with Gasteiger partial charge in [-0.25, -0.2) is 0 Å². The second-order valence-electron chi connectivity index (χ2n) is 8.51. The van der Waals surface area contributed by atoms with Crippen LogP contribution in [0.15, 0.2) is 94.9 Å². The van der Waals surface area contributed by atoms with Gasteiger partial charge in [-0.1, -0.05) is 65.4 Å². The number of rotatable bonds is 12. The van der Waals surface area contributed by atoms with Crippen molar-refractivity contribution < 1.29 is 28.5 Å². The van der Waals surface area contributed by atoms with E-state index in [4.69, 9.17) is 35.3 Å². The van der Waals surface area contributed by atoms with Crippen LogP contribution < -0.4 is 9.47 Å². The van der Waals surface area contributed by atoms with Crippen LogP contribution in [0.4, 0.5) is 0 Å². The highest BCUT2D eigenvalue weighted by Gasteiger charge is 2.49. The number of azide groups is 1. The zero-order valence-electron chi connectivity index (χ0n) is 21.2. The lowest BCUT2D eigenvalue weighted by Gasteiger charge is -2.44. The molecule has 0 unspecified atom stereocenters. The zero-order valence-corrected chi connectivity index (χ0v) is 22.7. The standard InChI is InChI=1S/C28H28ClN3O6S/c1-34-20-12-14-21(15-13-20)35-18-23-26(38-24(33)16-29)27(36-17-19-8-4-2-5-9-19)25(31-32-30)28(37-23)39-22-10-6-3-7-11-22/h2-15,23,25-28H,16-18H2,1H3/t23-,25-,26-,27-,28+/m1/s1. The number of ether oxygens (including phenoxy) is 5. The first kappa shape index (κ1) is 28.6. The Morgan fingerprint density at radius 2 is 1.67 bits per heavy atom. The third kappa shape index (κ3) is 8.05. The molecule has 1 fully saturated rings. The summed E-state index contributed by atoms with van der Waals surface area (Å²) in [5, 5.41) is 4.04. The monoisotopic (exact) mass is 569 g/mol. The summed E-state index contributed by atoms with van der Waals surface area (Å²) in [5.74, 6) is 0.258. The molecule has 0 saturated carbocycles. The first-order valence-electron chi connectivity index (χ1n) is 12.2. The molecule has 39 heavy (non-hydrogen) atoms. The highest BCUT2D eigenvalue weighted by atomic mass is 35.5. The van der Waals surface area contributed by atoms with Gasteiger partial charge in [0.2, 0.25) is 0 Å². The van der Waals surface area contributed by atoms with Crippen LogP contribution in [0.25, 0.3) is 10.4 Å². The lowest BCUT2D eigenvalue weighted by atomic mass is 9.98. The lowest BCUT2D eigenvalue weighted by Crippen LogP contribution is -2.59. The van der Waals surface area contributed by atoms with E-state index in [0.29, 0.717) is 11.5 Å². The molecule has 3 aromatic rings. The maximum atomic E-state index is 12.4. The maximum absolute atomic E-state index is 12.4. The predicted octanol–water partition coefficient (Wildman–Crippen LogP) is 6.01. The number of carbonyl (C=O) groups is 1. The van der Waals surface area contributed by atoms with Gasteiger partial charge in [-0.3, -0.25) is 4.79 Å². The molecule has 11 heteroatoms. The van der Waals surface area contributed by atoms with Crippen molar-refractivity contribution in [2.24, 2.45) is 5.11 Å². The molecule has 0 bridgehead atoms. The molecule has 0 N–H and O–H groups in total. The van der Waals surface area contributed by atoms with Crippen LogP contribution in [0.1, 0.15) is 5.56 Å².